The van der Waals surface area contributed by atoms with Gasteiger partial charge in [0.05, 0.1) is 17.9 Å². The number of hydrogen-bond acceptors (Lipinski definition) is 5. The van der Waals surface area contributed by atoms with Gasteiger partial charge in [-0.3, -0.25) is 9.69 Å². The van der Waals surface area contributed by atoms with Crippen molar-refractivity contribution in [1.82, 2.24) is 0 Å². The lowest BCUT2D eigenvalue weighted by Gasteiger charge is -2.37. The molecule has 1 N–H and O–H groups in total. The zero-order valence-corrected chi connectivity index (χ0v) is 17.2. The van der Waals surface area contributed by atoms with E-state index >= 15 is 0 Å². The molecule has 1 fully saturated rings. The summed E-state index contributed by atoms with van der Waals surface area (Å²) in [6, 6.07) is 9.08. The molecule has 3 aromatic rings. The molecule has 1 aromatic heterocycles. The second kappa shape index (κ2) is 7.13. The Hall–Kier alpha value is -2.86. The van der Waals surface area contributed by atoms with Crippen LogP contribution in [0.25, 0.3) is 21.9 Å². The number of furan rings is 1. The molecule has 6 heteroatoms. The van der Waals surface area contributed by atoms with E-state index in [2.05, 4.69) is 6.92 Å². The predicted molar refractivity (Wildman–Crippen MR) is 113 cm³/mol. The van der Waals surface area contributed by atoms with Crippen LogP contribution in [0, 0.1) is 11.8 Å². The molecule has 1 aliphatic heterocycles. The molecule has 2 aromatic carbocycles. The molecule has 30 heavy (non-hydrogen) atoms. The van der Waals surface area contributed by atoms with Crippen molar-refractivity contribution in [3.05, 3.63) is 41.5 Å². The van der Waals surface area contributed by atoms with E-state index < -0.39 is 12.2 Å². The zero-order chi connectivity index (χ0) is 21.0. The van der Waals surface area contributed by atoms with Crippen LogP contribution >= 0.6 is 0 Å². The van der Waals surface area contributed by atoms with Gasteiger partial charge in [0, 0.05) is 16.7 Å². The Morgan fingerprint density at radius 1 is 1.07 bits per heavy atom. The first-order valence-corrected chi connectivity index (χ1v) is 10.6. The molecule has 5 rings (SSSR count). The molecule has 0 radical (unpaired) electrons. The second-order valence-corrected chi connectivity index (χ2v) is 8.63. The fourth-order valence-electron chi connectivity index (χ4n) is 4.79. The third-order valence-corrected chi connectivity index (χ3v) is 6.56. The summed E-state index contributed by atoms with van der Waals surface area (Å²) in [6.07, 6.45) is 3.18. The fraction of sp³-hybridized carbons (Fsp3) is 0.417. The molecular formula is C24H25NO5. The van der Waals surface area contributed by atoms with Crippen molar-refractivity contribution in [1.29, 1.82) is 0 Å². The van der Waals surface area contributed by atoms with Gasteiger partial charge in [-0.05, 0) is 62.3 Å². The van der Waals surface area contributed by atoms with E-state index in [0.29, 0.717) is 28.3 Å². The van der Waals surface area contributed by atoms with Crippen molar-refractivity contribution in [2.24, 2.45) is 11.8 Å². The Labute approximate surface area is 174 Å². The van der Waals surface area contributed by atoms with Crippen LogP contribution in [0.1, 0.15) is 55.5 Å². The summed E-state index contributed by atoms with van der Waals surface area (Å²) in [6.45, 7) is 3.90. The van der Waals surface area contributed by atoms with Crippen molar-refractivity contribution < 1.29 is 23.8 Å². The number of hydrogen-bond donors (Lipinski definition) is 1. The topological polar surface area (TPSA) is 80.0 Å². The Kier molecular flexibility index (Phi) is 4.54. The summed E-state index contributed by atoms with van der Waals surface area (Å²) >= 11 is 0. The van der Waals surface area contributed by atoms with E-state index in [1.807, 2.05) is 18.2 Å². The van der Waals surface area contributed by atoms with Gasteiger partial charge in [0.25, 0.3) is 0 Å². The number of nitrogens with zero attached hydrogens (tertiary/aromatic N) is 1. The molecule has 0 spiro atoms. The molecule has 2 aliphatic rings. The number of ether oxygens (including phenoxy) is 1. The SMILES string of the molecule is CC1OC(=O)c2cc3oc4cc(CO)ccc4c3cc2N1C(=O)[C@H]1CC[C@H](C)CC1. The highest BCUT2D eigenvalue weighted by atomic mass is 16.6. The largest absolute Gasteiger partial charge is 0.456 e. The number of carbonyl (C=O) groups is 2. The van der Waals surface area contributed by atoms with Gasteiger partial charge in [-0.1, -0.05) is 19.1 Å². The summed E-state index contributed by atoms with van der Waals surface area (Å²) in [7, 11) is 0. The maximum absolute atomic E-state index is 13.4. The first kappa shape index (κ1) is 19.1. The first-order chi connectivity index (χ1) is 14.5. The van der Waals surface area contributed by atoms with Crippen LogP contribution in [-0.2, 0) is 16.1 Å². The average molecular weight is 407 g/mol. The summed E-state index contributed by atoms with van der Waals surface area (Å²) in [5.74, 6) is 0.186. The molecule has 1 unspecified atom stereocenters. The van der Waals surface area contributed by atoms with Crippen LogP contribution in [0.3, 0.4) is 0 Å². The summed E-state index contributed by atoms with van der Waals surface area (Å²) in [5, 5.41) is 11.1. The molecule has 0 bridgehead atoms. The van der Waals surface area contributed by atoms with Crippen molar-refractivity contribution in [2.45, 2.75) is 52.4 Å². The van der Waals surface area contributed by atoms with Gasteiger partial charge < -0.3 is 14.3 Å². The highest BCUT2D eigenvalue weighted by Crippen LogP contribution is 2.40. The van der Waals surface area contributed by atoms with E-state index in [4.69, 9.17) is 9.15 Å². The summed E-state index contributed by atoms with van der Waals surface area (Å²) in [5.41, 5.74) is 2.88. The quantitative estimate of drug-likeness (QED) is 0.620. The highest BCUT2D eigenvalue weighted by Gasteiger charge is 2.38. The van der Waals surface area contributed by atoms with Gasteiger partial charge in [-0.2, -0.15) is 0 Å². The third-order valence-electron chi connectivity index (χ3n) is 6.56. The van der Waals surface area contributed by atoms with E-state index in [0.717, 1.165) is 42.0 Å². The Morgan fingerprint density at radius 2 is 1.80 bits per heavy atom. The van der Waals surface area contributed by atoms with Crippen LogP contribution in [0.5, 0.6) is 0 Å². The highest BCUT2D eigenvalue weighted by molar-refractivity contribution is 6.13. The van der Waals surface area contributed by atoms with Gasteiger partial charge in [0.1, 0.15) is 11.2 Å². The molecule has 6 nitrogen and oxygen atoms in total. The number of benzene rings is 2. The van der Waals surface area contributed by atoms with Crippen LogP contribution in [0.2, 0.25) is 0 Å². The fourth-order valence-corrected chi connectivity index (χ4v) is 4.79. The Morgan fingerprint density at radius 3 is 2.53 bits per heavy atom. The monoisotopic (exact) mass is 407 g/mol. The second-order valence-electron chi connectivity index (χ2n) is 8.63. The van der Waals surface area contributed by atoms with Crippen LogP contribution < -0.4 is 4.90 Å². The third kappa shape index (κ3) is 2.98. The number of carbonyl (C=O) groups excluding carboxylic acids is 2. The molecule has 1 amide bonds. The summed E-state index contributed by atoms with van der Waals surface area (Å²) in [4.78, 5) is 27.7. The number of aliphatic hydroxyl groups is 1. The Bertz CT molecular complexity index is 1160. The van der Waals surface area contributed by atoms with Gasteiger partial charge in [0.15, 0.2) is 6.23 Å². The minimum absolute atomic E-state index is 0.0258. The normalized spacial score (nSPS) is 24.2. The minimum atomic E-state index is -0.645. The van der Waals surface area contributed by atoms with Gasteiger partial charge in [-0.25, -0.2) is 4.79 Å². The van der Waals surface area contributed by atoms with Crippen LogP contribution in [-0.4, -0.2) is 23.2 Å². The summed E-state index contributed by atoms with van der Waals surface area (Å²) < 4.78 is 11.4. The lowest BCUT2D eigenvalue weighted by Crippen LogP contribution is -2.48. The van der Waals surface area contributed by atoms with Gasteiger partial charge >= 0.3 is 5.97 Å². The van der Waals surface area contributed by atoms with Crippen molar-refractivity contribution >= 4 is 39.5 Å². The molecular weight excluding hydrogens is 382 g/mol. The lowest BCUT2D eigenvalue weighted by atomic mass is 9.82. The van der Waals surface area contributed by atoms with Crippen molar-refractivity contribution in [3.63, 3.8) is 0 Å². The van der Waals surface area contributed by atoms with Gasteiger partial charge in [0.2, 0.25) is 5.91 Å². The number of amides is 1. The lowest BCUT2D eigenvalue weighted by molar-refractivity contribution is -0.125. The standard InChI is InChI=1S/C24H25NO5/c1-13-3-6-16(7-4-13)23(27)25-14(2)29-24(28)19-11-22-18(10-20(19)25)17-8-5-15(12-26)9-21(17)30-22/h5,8-11,13-14,16,26H,3-4,6-7,12H2,1-2H3/t13-,14?,16-. The van der Waals surface area contributed by atoms with Crippen molar-refractivity contribution in [2.75, 3.05) is 4.90 Å². The van der Waals surface area contributed by atoms with Gasteiger partial charge in [-0.15, -0.1) is 0 Å². The molecule has 2 heterocycles. The Balaban J connectivity index is 1.63. The van der Waals surface area contributed by atoms with E-state index in [1.165, 1.54) is 0 Å². The molecule has 0 saturated heterocycles. The zero-order valence-electron chi connectivity index (χ0n) is 17.2. The number of cyclic esters (lactones) is 1. The van der Waals surface area contributed by atoms with E-state index in [9.17, 15) is 14.7 Å². The number of esters is 1. The van der Waals surface area contributed by atoms with Crippen LogP contribution in [0.4, 0.5) is 5.69 Å². The minimum Gasteiger partial charge on any atom is -0.456 e. The number of rotatable bonds is 2. The predicted octanol–water partition coefficient (Wildman–Crippen LogP) is 4.75. The molecule has 1 aliphatic carbocycles. The van der Waals surface area contributed by atoms with E-state index in [1.54, 1.807) is 24.0 Å². The van der Waals surface area contributed by atoms with Crippen LogP contribution in [0.15, 0.2) is 34.7 Å². The average Bonchev–Trinajstić information content (AvgIpc) is 3.09. The smallest absolute Gasteiger partial charge is 0.342 e. The number of anilines is 1. The maximum Gasteiger partial charge on any atom is 0.342 e. The molecule has 1 atom stereocenters. The maximum atomic E-state index is 13.4. The number of aliphatic hydroxyl groups excluding tert-OH is 1. The van der Waals surface area contributed by atoms with Crippen molar-refractivity contribution in [3.8, 4) is 0 Å². The first-order valence-electron chi connectivity index (χ1n) is 10.6. The molecule has 1 saturated carbocycles. The number of fused-ring (bicyclic) bond motifs is 4. The molecule has 156 valence electrons. The van der Waals surface area contributed by atoms with E-state index in [-0.39, 0.29) is 18.4 Å².